The molecule has 0 spiro atoms. The SMILES string of the molecule is CCCCCCCC/C=C/CCCCCC(=O)O[C@H](COC(=O)/C=C/C=C/CCCCCCCCCCCCC)COP(=O)(O)OCCN. The highest BCUT2D eigenvalue weighted by atomic mass is 31.2. The van der Waals surface area contributed by atoms with Crippen LogP contribution in [0.3, 0.4) is 0 Å². The number of ether oxygens (including phenoxy) is 2. The summed E-state index contributed by atoms with van der Waals surface area (Å²) in [5.74, 6) is -1.10. The van der Waals surface area contributed by atoms with Gasteiger partial charge in [-0.3, -0.25) is 13.8 Å². The summed E-state index contributed by atoms with van der Waals surface area (Å²) in [7, 11) is -4.39. The molecule has 0 fully saturated rings. The molecule has 0 aromatic carbocycles. The molecule has 10 heteroatoms. The van der Waals surface area contributed by atoms with Gasteiger partial charge in [-0.05, 0) is 44.9 Å². The average Bonchev–Trinajstić information content (AvgIpc) is 3.08. The number of phosphoric acid groups is 1. The van der Waals surface area contributed by atoms with Gasteiger partial charge in [0.25, 0.3) is 0 Å². The van der Waals surface area contributed by atoms with E-state index in [-0.39, 0.29) is 26.2 Å². The molecule has 0 bridgehead atoms. The van der Waals surface area contributed by atoms with Crippen LogP contribution < -0.4 is 5.73 Å². The Morgan fingerprint density at radius 2 is 1.14 bits per heavy atom. The van der Waals surface area contributed by atoms with Gasteiger partial charge in [-0.25, -0.2) is 9.36 Å². The molecule has 0 rings (SSSR count). The molecule has 286 valence electrons. The zero-order chi connectivity index (χ0) is 36.1. The van der Waals surface area contributed by atoms with E-state index < -0.39 is 32.5 Å². The number of unbranched alkanes of at least 4 members (excludes halogenated alkanes) is 20. The maximum Gasteiger partial charge on any atom is 0.472 e. The van der Waals surface area contributed by atoms with Gasteiger partial charge < -0.3 is 20.1 Å². The van der Waals surface area contributed by atoms with Crippen molar-refractivity contribution in [1.82, 2.24) is 0 Å². The van der Waals surface area contributed by atoms with Crippen molar-refractivity contribution in [3.63, 3.8) is 0 Å². The van der Waals surface area contributed by atoms with Crippen molar-refractivity contribution in [3.05, 3.63) is 36.5 Å². The van der Waals surface area contributed by atoms with Crippen molar-refractivity contribution in [2.24, 2.45) is 5.73 Å². The Bertz CT molecular complexity index is 907. The van der Waals surface area contributed by atoms with Gasteiger partial charge in [0.05, 0.1) is 13.2 Å². The normalized spacial score (nSPS) is 13.8. The second-order valence-corrected chi connectivity index (χ2v) is 14.3. The third-order valence-electron chi connectivity index (χ3n) is 8.10. The smallest absolute Gasteiger partial charge is 0.458 e. The molecule has 49 heavy (non-hydrogen) atoms. The number of phosphoric ester groups is 1. The van der Waals surface area contributed by atoms with E-state index >= 15 is 0 Å². The van der Waals surface area contributed by atoms with Gasteiger partial charge in [-0.2, -0.15) is 0 Å². The van der Waals surface area contributed by atoms with E-state index in [1.54, 1.807) is 6.08 Å². The molecular weight excluding hydrogens is 641 g/mol. The standard InChI is InChI=1S/C39H72NO8P/c1-3-5-7-9-11-13-15-17-18-20-21-23-25-27-29-31-38(41)45-35-37(36-47-49(43,44)46-34-33-40)48-39(42)32-30-28-26-24-22-19-16-14-12-10-8-6-4-2/h19,22,25,27,29,31,37H,3-18,20-21,23-24,26,28,30,32-36,40H2,1-2H3,(H,43,44)/b22-19+,27-25+,31-29+/t37-/m1/s1. The van der Waals surface area contributed by atoms with E-state index in [0.717, 1.165) is 38.5 Å². The average molecular weight is 714 g/mol. The van der Waals surface area contributed by atoms with Gasteiger partial charge in [0.15, 0.2) is 6.10 Å². The van der Waals surface area contributed by atoms with Crippen LogP contribution in [-0.2, 0) is 32.7 Å². The summed E-state index contributed by atoms with van der Waals surface area (Å²) in [6.45, 7) is 3.56. The molecule has 0 radical (unpaired) electrons. The van der Waals surface area contributed by atoms with Crippen LogP contribution in [0, 0.1) is 0 Å². The fourth-order valence-corrected chi connectivity index (χ4v) is 5.95. The summed E-state index contributed by atoms with van der Waals surface area (Å²) in [6.07, 6.45) is 38.1. The zero-order valence-electron chi connectivity index (χ0n) is 31.2. The van der Waals surface area contributed by atoms with Crippen LogP contribution in [0.5, 0.6) is 0 Å². The van der Waals surface area contributed by atoms with Gasteiger partial charge in [0, 0.05) is 19.0 Å². The topological polar surface area (TPSA) is 134 Å². The molecule has 0 aromatic rings. The largest absolute Gasteiger partial charge is 0.472 e. The van der Waals surface area contributed by atoms with E-state index in [1.165, 1.54) is 109 Å². The predicted octanol–water partition coefficient (Wildman–Crippen LogP) is 10.6. The van der Waals surface area contributed by atoms with Crippen LogP contribution >= 0.6 is 7.82 Å². The first-order valence-electron chi connectivity index (χ1n) is 19.5. The van der Waals surface area contributed by atoms with E-state index in [0.29, 0.717) is 6.42 Å². The second kappa shape index (κ2) is 36.0. The number of esters is 2. The molecule has 0 aliphatic heterocycles. The lowest BCUT2D eigenvalue weighted by Crippen LogP contribution is -2.29. The Morgan fingerprint density at radius 1 is 0.653 bits per heavy atom. The number of hydrogen-bond donors (Lipinski definition) is 2. The summed E-state index contributed by atoms with van der Waals surface area (Å²) in [6, 6.07) is 0. The number of carbonyl (C=O) groups is 2. The van der Waals surface area contributed by atoms with Crippen LogP contribution in [0.1, 0.15) is 168 Å². The molecule has 2 atom stereocenters. The lowest BCUT2D eigenvalue weighted by molar-refractivity contribution is -0.159. The lowest BCUT2D eigenvalue weighted by atomic mass is 10.1. The minimum atomic E-state index is -4.39. The molecule has 1 unspecified atom stereocenters. The van der Waals surface area contributed by atoms with Gasteiger partial charge in [0.1, 0.15) is 6.61 Å². The van der Waals surface area contributed by atoms with E-state index in [1.807, 2.05) is 12.2 Å². The first-order valence-corrected chi connectivity index (χ1v) is 21.0. The summed E-state index contributed by atoms with van der Waals surface area (Å²) in [5, 5.41) is 0. The molecule has 0 heterocycles. The summed E-state index contributed by atoms with van der Waals surface area (Å²) >= 11 is 0. The third kappa shape index (κ3) is 35.8. The summed E-state index contributed by atoms with van der Waals surface area (Å²) < 4.78 is 32.4. The van der Waals surface area contributed by atoms with Crippen LogP contribution in [0.25, 0.3) is 0 Å². The Kier molecular flexibility index (Phi) is 34.7. The molecule has 3 N–H and O–H groups in total. The Morgan fingerprint density at radius 3 is 1.67 bits per heavy atom. The monoisotopic (exact) mass is 713 g/mol. The van der Waals surface area contributed by atoms with Gasteiger partial charge in [0.2, 0.25) is 0 Å². The summed E-state index contributed by atoms with van der Waals surface area (Å²) in [4.78, 5) is 34.6. The van der Waals surface area contributed by atoms with Crippen molar-refractivity contribution < 1.29 is 37.6 Å². The van der Waals surface area contributed by atoms with Crippen molar-refractivity contribution in [3.8, 4) is 0 Å². The van der Waals surface area contributed by atoms with Crippen molar-refractivity contribution in [2.75, 3.05) is 26.4 Å². The van der Waals surface area contributed by atoms with E-state index in [9.17, 15) is 19.0 Å². The highest BCUT2D eigenvalue weighted by molar-refractivity contribution is 7.47. The quantitative estimate of drug-likeness (QED) is 0.0162. The fraction of sp³-hybridized carbons (Fsp3) is 0.795. The van der Waals surface area contributed by atoms with Crippen LogP contribution in [-0.4, -0.2) is 49.3 Å². The van der Waals surface area contributed by atoms with Gasteiger partial charge >= 0.3 is 19.8 Å². The lowest BCUT2D eigenvalue weighted by Gasteiger charge is -2.19. The minimum Gasteiger partial charge on any atom is -0.458 e. The van der Waals surface area contributed by atoms with Crippen molar-refractivity contribution >= 4 is 19.8 Å². The van der Waals surface area contributed by atoms with Gasteiger partial charge in [-0.1, -0.05) is 147 Å². The van der Waals surface area contributed by atoms with Crippen LogP contribution in [0.4, 0.5) is 0 Å². The van der Waals surface area contributed by atoms with Crippen molar-refractivity contribution in [1.29, 1.82) is 0 Å². The van der Waals surface area contributed by atoms with Gasteiger partial charge in [-0.15, -0.1) is 0 Å². The maximum absolute atomic E-state index is 12.5. The maximum atomic E-state index is 12.5. The first kappa shape index (κ1) is 47.2. The number of carbonyl (C=O) groups excluding carboxylic acids is 2. The number of nitrogens with two attached hydrogens (primary N) is 1. The molecular formula is C39H72NO8P. The minimum absolute atomic E-state index is 0.0406. The number of allylic oxidation sites excluding steroid dienone is 5. The molecule has 0 aromatic heterocycles. The molecule has 9 nitrogen and oxygen atoms in total. The highest BCUT2D eigenvalue weighted by Gasteiger charge is 2.25. The zero-order valence-corrected chi connectivity index (χ0v) is 32.1. The van der Waals surface area contributed by atoms with E-state index in [2.05, 4.69) is 26.0 Å². The van der Waals surface area contributed by atoms with Crippen LogP contribution in [0.15, 0.2) is 36.5 Å². The highest BCUT2D eigenvalue weighted by Crippen LogP contribution is 2.43. The Labute approximate surface area is 299 Å². The Hall–Kier alpha value is -1.77. The second-order valence-electron chi connectivity index (χ2n) is 12.9. The third-order valence-corrected chi connectivity index (χ3v) is 9.09. The van der Waals surface area contributed by atoms with Crippen LogP contribution in [0.2, 0.25) is 0 Å². The fourth-order valence-electron chi connectivity index (χ4n) is 5.19. The van der Waals surface area contributed by atoms with E-state index in [4.69, 9.17) is 24.3 Å². The number of hydrogen-bond acceptors (Lipinski definition) is 8. The molecule has 0 aliphatic rings. The first-order chi connectivity index (χ1) is 23.8. The Balaban J connectivity index is 4.34. The molecule has 0 saturated carbocycles. The molecule has 0 amide bonds. The predicted molar refractivity (Wildman–Crippen MR) is 201 cm³/mol. The molecule has 0 aliphatic carbocycles. The number of rotatable bonds is 36. The summed E-state index contributed by atoms with van der Waals surface area (Å²) in [5.41, 5.74) is 5.32. The van der Waals surface area contributed by atoms with Crippen molar-refractivity contribution in [2.45, 2.75) is 174 Å². The molecule has 0 saturated heterocycles.